The maximum absolute atomic E-state index is 5.72. The molecule has 0 saturated heterocycles. The third-order valence-corrected chi connectivity index (χ3v) is 3.48. The summed E-state index contributed by atoms with van der Waals surface area (Å²) in [7, 11) is 0. The number of rotatable bonds is 4. The van der Waals surface area contributed by atoms with Gasteiger partial charge in [-0.3, -0.25) is 9.88 Å². The molecular formula is C12H18ClN3. The fourth-order valence-electron chi connectivity index (χ4n) is 2.40. The minimum Gasteiger partial charge on any atom is -0.295 e. The fraction of sp³-hybridized carbons (Fsp3) is 0.667. The lowest BCUT2D eigenvalue weighted by molar-refractivity contribution is 0.197. The molecule has 0 radical (unpaired) electrons. The van der Waals surface area contributed by atoms with Gasteiger partial charge in [0.05, 0.1) is 18.1 Å². The average molecular weight is 240 g/mol. The van der Waals surface area contributed by atoms with Crippen LogP contribution in [-0.2, 0) is 6.54 Å². The Bertz CT molecular complexity index is 320. The Balaban J connectivity index is 1.97. The molecule has 1 saturated carbocycles. The molecule has 1 aromatic heterocycles. The zero-order valence-corrected chi connectivity index (χ0v) is 10.5. The topological polar surface area (TPSA) is 29.0 Å². The molecule has 3 nitrogen and oxygen atoms in total. The molecule has 2 rings (SSSR count). The van der Waals surface area contributed by atoms with E-state index in [-0.39, 0.29) is 0 Å². The molecule has 1 fully saturated rings. The van der Waals surface area contributed by atoms with Crippen molar-refractivity contribution in [1.82, 2.24) is 14.9 Å². The van der Waals surface area contributed by atoms with Gasteiger partial charge in [0.2, 0.25) is 0 Å². The standard InChI is InChI=1S/C12H18ClN3/c1-2-16(11-5-3-4-6-11)9-10-7-15-12(13)8-14-10/h7-8,11H,2-6,9H2,1H3. The van der Waals surface area contributed by atoms with E-state index in [1.165, 1.54) is 25.7 Å². The smallest absolute Gasteiger partial charge is 0.147 e. The molecule has 1 heterocycles. The van der Waals surface area contributed by atoms with Gasteiger partial charge in [-0.25, -0.2) is 4.98 Å². The minimum atomic E-state index is 0.465. The maximum atomic E-state index is 5.72. The number of hydrogen-bond acceptors (Lipinski definition) is 3. The zero-order chi connectivity index (χ0) is 11.4. The summed E-state index contributed by atoms with van der Waals surface area (Å²) in [5.41, 5.74) is 1.01. The molecular weight excluding hydrogens is 222 g/mol. The van der Waals surface area contributed by atoms with Crippen LogP contribution in [0.2, 0.25) is 5.15 Å². The van der Waals surface area contributed by atoms with E-state index in [0.29, 0.717) is 5.15 Å². The molecule has 0 N–H and O–H groups in total. The summed E-state index contributed by atoms with van der Waals surface area (Å²) in [5, 5.41) is 0.465. The average Bonchev–Trinajstić information content (AvgIpc) is 2.82. The van der Waals surface area contributed by atoms with Crippen molar-refractivity contribution in [3.8, 4) is 0 Å². The van der Waals surface area contributed by atoms with Crippen LogP contribution in [0.15, 0.2) is 12.4 Å². The molecule has 16 heavy (non-hydrogen) atoms. The van der Waals surface area contributed by atoms with Crippen LogP contribution in [0.25, 0.3) is 0 Å². The van der Waals surface area contributed by atoms with Crippen LogP contribution < -0.4 is 0 Å². The van der Waals surface area contributed by atoms with Crippen molar-refractivity contribution in [3.05, 3.63) is 23.2 Å². The molecule has 0 aliphatic heterocycles. The van der Waals surface area contributed by atoms with Crippen molar-refractivity contribution >= 4 is 11.6 Å². The van der Waals surface area contributed by atoms with E-state index >= 15 is 0 Å². The first-order valence-electron chi connectivity index (χ1n) is 6.00. The number of nitrogens with zero attached hydrogens (tertiary/aromatic N) is 3. The highest BCUT2D eigenvalue weighted by Crippen LogP contribution is 2.24. The van der Waals surface area contributed by atoms with Crippen LogP contribution in [0.3, 0.4) is 0 Å². The Hall–Kier alpha value is -0.670. The van der Waals surface area contributed by atoms with Crippen LogP contribution in [0, 0.1) is 0 Å². The summed E-state index contributed by atoms with van der Waals surface area (Å²) in [4.78, 5) is 10.9. The summed E-state index contributed by atoms with van der Waals surface area (Å²) >= 11 is 5.72. The Kier molecular flexibility index (Phi) is 4.13. The quantitative estimate of drug-likeness (QED) is 0.809. The molecule has 0 amide bonds. The number of halogens is 1. The highest BCUT2D eigenvalue weighted by atomic mass is 35.5. The maximum Gasteiger partial charge on any atom is 0.147 e. The van der Waals surface area contributed by atoms with Gasteiger partial charge >= 0.3 is 0 Å². The lowest BCUT2D eigenvalue weighted by Crippen LogP contribution is -2.32. The first-order valence-corrected chi connectivity index (χ1v) is 6.38. The molecule has 0 unspecified atom stereocenters. The molecule has 1 aliphatic carbocycles. The van der Waals surface area contributed by atoms with E-state index in [4.69, 9.17) is 11.6 Å². The molecule has 1 aliphatic rings. The monoisotopic (exact) mass is 239 g/mol. The summed E-state index contributed by atoms with van der Waals surface area (Å²) in [6.45, 7) is 4.18. The first-order chi connectivity index (χ1) is 7.79. The summed E-state index contributed by atoms with van der Waals surface area (Å²) < 4.78 is 0. The molecule has 88 valence electrons. The minimum absolute atomic E-state index is 0.465. The zero-order valence-electron chi connectivity index (χ0n) is 9.69. The number of aromatic nitrogens is 2. The van der Waals surface area contributed by atoms with Gasteiger partial charge < -0.3 is 0 Å². The highest BCUT2D eigenvalue weighted by Gasteiger charge is 2.21. The van der Waals surface area contributed by atoms with Crippen molar-refractivity contribution < 1.29 is 0 Å². The predicted molar refractivity (Wildman–Crippen MR) is 65.4 cm³/mol. The summed E-state index contributed by atoms with van der Waals surface area (Å²) in [6, 6.07) is 0.738. The normalized spacial score (nSPS) is 17.2. The SMILES string of the molecule is CCN(Cc1cnc(Cl)cn1)C1CCCC1. The second kappa shape index (κ2) is 5.60. The van der Waals surface area contributed by atoms with Crippen molar-refractivity contribution in [2.75, 3.05) is 6.54 Å². The lowest BCUT2D eigenvalue weighted by Gasteiger charge is -2.26. The van der Waals surface area contributed by atoms with E-state index < -0.39 is 0 Å². The van der Waals surface area contributed by atoms with Crippen molar-refractivity contribution in [2.45, 2.75) is 45.2 Å². The van der Waals surface area contributed by atoms with E-state index in [0.717, 1.165) is 24.8 Å². The second-order valence-electron chi connectivity index (χ2n) is 4.33. The Morgan fingerprint density at radius 1 is 1.31 bits per heavy atom. The Labute approximate surface area is 102 Å². The molecule has 0 bridgehead atoms. The van der Waals surface area contributed by atoms with Crippen LogP contribution in [-0.4, -0.2) is 27.5 Å². The molecule has 4 heteroatoms. The molecule has 0 atom stereocenters. The second-order valence-corrected chi connectivity index (χ2v) is 4.72. The van der Waals surface area contributed by atoms with Crippen LogP contribution in [0.4, 0.5) is 0 Å². The van der Waals surface area contributed by atoms with Gasteiger partial charge in [0, 0.05) is 12.6 Å². The Morgan fingerprint density at radius 3 is 2.62 bits per heavy atom. The van der Waals surface area contributed by atoms with Crippen LogP contribution in [0.5, 0.6) is 0 Å². The van der Waals surface area contributed by atoms with Gasteiger partial charge in [0.15, 0.2) is 0 Å². The van der Waals surface area contributed by atoms with Crippen molar-refractivity contribution in [1.29, 1.82) is 0 Å². The summed E-state index contributed by atoms with van der Waals surface area (Å²) in [6.07, 6.45) is 8.80. The van der Waals surface area contributed by atoms with E-state index in [2.05, 4.69) is 21.8 Å². The van der Waals surface area contributed by atoms with Crippen molar-refractivity contribution in [3.63, 3.8) is 0 Å². The largest absolute Gasteiger partial charge is 0.295 e. The van der Waals surface area contributed by atoms with Crippen molar-refractivity contribution in [2.24, 2.45) is 0 Å². The molecule has 0 spiro atoms. The van der Waals surface area contributed by atoms with Gasteiger partial charge in [-0.1, -0.05) is 31.4 Å². The fourth-order valence-corrected chi connectivity index (χ4v) is 2.49. The third kappa shape index (κ3) is 2.92. The van der Waals surface area contributed by atoms with E-state index in [9.17, 15) is 0 Å². The van der Waals surface area contributed by atoms with Gasteiger partial charge in [-0.2, -0.15) is 0 Å². The molecule has 1 aromatic rings. The van der Waals surface area contributed by atoms with Crippen LogP contribution in [0.1, 0.15) is 38.3 Å². The van der Waals surface area contributed by atoms with Gasteiger partial charge in [0.1, 0.15) is 5.15 Å². The Morgan fingerprint density at radius 2 is 2.06 bits per heavy atom. The van der Waals surface area contributed by atoms with E-state index in [1.54, 1.807) is 12.4 Å². The highest BCUT2D eigenvalue weighted by molar-refractivity contribution is 6.29. The van der Waals surface area contributed by atoms with Gasteiger partial charge in [-0.05, 0) is 19.4 Å². The lowest BCUT2D eigenvalue weighted by atomic mass is 10.2. The molecule has 0 aromatic carbocycles. The third-order valence-electron chi connectivity index (χ3n) is 3.29. The van der Waals surface area contributed by atoms with Gasteiger partial charge in [0.25, 0.3) is 0 Å². The first kappa shape index (κ1) is 11.8. The number of hydrogen-bond donors (Lipinski definition) is 0. The summed E-state index contributed by atoms with van der Waals surface area (Å²) in [5.74, 6) is 0. The predicted octanol–water partition coefficient (Wildman–Crippen LogP) is 2.89. The van der Waals surface area contributed by atoms with Crippen LogP contribution >= 0.6 is 11.6 Å². The van der Waals surface area contributed by atoms with E-state index in [1.807, 2.05) is 0 Å². The van der Waals surface area contributed by atoms with Gasteiger partial charge in [-0.15, -0.1) is 0 Å².